The molecule has 3 heterocycles. The average molecular weight is 452 g/mol. The number of aromatic nitrogens is 1. The molecule has 0 saturated carbocycles. The van der Waals surface area contributed by atoms with Crippen LogP contribution >= 0.6 is 0 Å². The Labute approximate surface area is 184 Å². The fraction of sp³-hybridized carbons (Fsp3) is 0.478. The molecule has 0 unspecified atom stereocenters. The van der Waals surface area contributed by atoms with Crippen LogP contribution in [0, 0.1) is 5.92 Å². The molecule has 9 heteroatoms. The van der Waals surface area contributed by atoms with Gasteiger partial charge in [-0.2, -0.15) is 13.2 Å². The molecule has 1 fully saturated rings. The zero-order valence-corrected chi connectivity index (χ0v) is 17.8. The first kappa shape index (κ1) is 23.8. The summed E-state index contributed by atoms with van der Waals surface area (Å²) < 4.78 is 45.4. The number of fused-ring (bicyclic) bond motifs is 4. The van der Waals surface area contributed by atoms with Crippen LogP contribution in [-0.2, 0) is 11.2 Å². The smallest absolute Gasteiger partial charge is 0.390 e. The molecule has 4 rings (SSSR count). The molecule has 3 atom stereocenters. The number of nitrogens with zero attached hydrogens (tertiary/aromatic N) is 2. The quantitative estimate of drug-likeness (QED) is 0.701. The van der Waals surface area contributed by atoms with Crippen LogP contribution in [0.5, 0.6) is 5.75 Å². The normalized spacial score (nSPS) is 22.3. The number of ether oxygens (including phenoxy) is 1. The Morgan fingerprint density at radius 1 is 1.19 bits per heavy atom. The molecule has 174 valence electrons. The predicted octanol–water partition coefficient (Wildman–Crippen LogP) is 3.71. The van der Waals surface area contributed by atoms with Crippen LogP contribution < -0.4 is 10.3 Å². The first-order chi connectivity index (χ1) is 15.3. The van der Waals surface area contributed by atoms with Crippen molar-refractivity contribution in [3.8, 4) is 5.75 Å². The van der Waals surface area contributed by atoms with Crippen molar-refractivity contribution in [3.05, 3.63) is 64.1 Å². The molecule has 1 saturated heterocycles. The van der Waals surface area contributed by atoms with Crippen LogP contribution in [0.3, 0.4) is 0 Å². The highest BCUT2D eigenvalue weighted by molar-refractivity contribution is 5.32. The zero-order valence-electron chi connectivity index (χ0n) is 17.8. The minimum atomic E-state index is -4.15. The molecular formula is C23H27F3N2O4. The van der Waals surface area contributed by atoms with E-state index in [-0.39, 0.29) is 36.5 Å². The maximum atomic E-state index is 12.7. The predicted molar refractivity (Wildman–Crippen MR) is 113 cm³/mol. The molecule has 2 bridgehead atoms. The summed E-state index contributed by atoms with van der Waals surface area (Å²) in [4.78, 5) is 23.0. The molecule has 2 aliphatic rings. The van der Waals surface area contributed by atoms with Gasteiger partial charge in [0.1, 0.15) is 5.75 Å². The van der Waals surface area contributed by atoms with Gasteiger partial charge in [-0.25, -0.2) is 0 Å². The topological polar surface area (TPSA) is 71.8 Å². The number of hydrogen-bond acceptors (Lipinski definition) is 4. The van der Waals surface area contributed by atoms with E-state index in [1.807, 2.05) is 39.8 Å². The fourth-order valence-corrected chi connectivity index (χ4v) is 4.91. The Morgan fingerprint density at radius 2 is 1.91 bits per heavy atom. The zero-order chi connectivity index (χ0) is 23.3. The van der Waals surface area contributed by atoms with Crippen molar-refractivity contribution < 1.29 is 27.8 Å². The first-order valence-electron chi connectivity index (χ1n) is 10.5. The van der Waals surface area contributed by atoms with Gasteiger partial charge in [-0.1, -0.05) is 18.2 Å². The number of piperidine rings is 1. The van der Waals surface area contributed by atoms with Gasteiger partial charge in [0, 0.05) is 43.4 Å². The third-order valence-corrected chi connectivity index (χ3v) is 6.16. The molecule has 0 radical (unpaired) electrons. The van der Waals surface area contributed by atoms with Crippen LogP contribution in [0.4, 0.5) is 13.2 Å². The number of carbonyl (C=O) groups is 1. The van der Waals surface area contributed by atoms with E-state index in [1.165, 1.54) is 0 Å². The lowest BCUT2D eigenvalue weighted by atomic mass is 9.76. The van der Waals surface area contributed by atoms with Crippen LogP contribution in [0.25, 0.3) is 0 Å². The molecular weight excluding hydrogens is 425 g/mol. The number of rotatable bonds is 5. The van der Waals surface area contributed by atoms with E-state index < -0.39 is 12.6 Å². The molecule has 1 aromatic carbocycles. The standard InChI is InChI=1S/C22H25F3N2O2.CH2O2/c1-29-18-5-2-4-15(10-18)11-20-17-12-16(19-6-3-7-21(28)27(19)20)13-26(14-17)9-8-22(23,24)25;2-1-3/h2-7,10,16-17,20H,8-9,11-14H2,1H3;1H,(H,2,3)/t16-,17+,20+;/m1./s1. The highest BCUT2D eigenvalue weighted by Gasteiger charge is 2.41. The summed E-state index contributed by atoms with van der Waals surface area (Å²) in [6.07, 6.45) is -3.39. The summed E-state index contributed by atoms with van der Waals surface area (Å²) in [7, 11) is 1.61. The van der Waals surface area contributed by atoms with E-state index in [1.54, 1.807) is 19.2 Å². The van der Waals surface area contributed by atoms with Gasteiger partial charge in [0.15, 0.2) is 0 Å². The van der Waals surface area contributed by atoms with E-state index in [0.29, 0.717) is 19.5 Å². The summed E-state index contributed by atoms with van der Waals surface area (Å²) in [5.74, 6) is 0.991. The minimum Gasteiger partial charge on any atom is -0.497 e. The second-order valence-corrected chi connectivity index (χ2v) is 8.20. The van der Waals surface area contributed by atoms with Crippen molar-refractivity contribution >= 4 is 6.47 Å². The minimum absolute atomic E-state index is 0.0133. The monoisotopic (exact) mass is 452 g/mol. The number of carboxylic acid groups (broad SMARTS) is 1. The Balaban J connectivity index is 0.000000913. The van der Waals surface area contributed by atoms with Crippen molar-refractivity contribution in [2.24, 2.45) is 5.92 Å². The van der Waals surface area contributed by atoms with Gasteiger partial charge in [-0.3, -0.25) is 9.59 Å². The first-order valence-corrected chi connectivity index (χ1v) is 10.5. The third-order valence-electron chi connectivity index (χ3n) is 6.16. The average Bonchev–Trinajstić information content (AvgIpc) is 2.75. The molecule has 0 spiro atoms. The summed E-state index contributed by atoms with van der Waals surface area (Å²) in [5, 5.41) is 6.89. The molecule has 1 aromatic heterocycles. The second kappa shape index (κ2) is 10.2. The van der Waals surface area contributed by atoms with Crippen LogP contribution in [0.1, 0.15) is 36.1 Å². The van der Waals surface area contributed by atoms with Crippen molar-refractivity contribution in [2.75, 3.05) is 26.7 Å². The lowest BCUT2D eigenvalue weighted by Gasteiger charge is -2.47. The Bertz CT molecular complexity index is 976. The molecule has 32 heavy (non-hydrogen) atoms. The number of benzene rings is 1. The molecule has 6 nitrogen and oxygen atoms in total. The lowest BCUT2D eigenvalue weighted by Crippen LogP contribution is -2.50. The highest BCUT2D eigenvalue weighted by Crippen LogP contribution is 2.42. The SMILES string of the molecule is COc1cccc(C[C@H]2[C@H]3C[C@H](CN(CCC(F)(F)F)C3)c3cccc(=O)n32)c1.O=CO. The van der Waals surface area contributed by atoms with E-state index in [9.17, 15) is 18.0 Å². The van der Waals surface area contributed by atoms with E-state index in [2.05, 4.69) is 0 Å². The van der Waals surface area contributed by atoms with E-state index in [4.69, 9.17) is 14.6 Å². The van der Waals surface area contributed by atoms with Crippen LogP contribution in [-0.4, -0.2) is 54.0 Å². The summed E-state index contributed by atoms with van der Waals surface area (Å²) in [6.45, 7) is 0.920. The second-order valence-electron chi connectivity index (χ2n) is 8.20. The highest BCUT2D eigenvalue weighted by atomic mass is 19.4. The van der Waals surface area contributed by atoms with E-state index >= 15 is 0 Å². The van der Waals surface area contributed by atoms with Crippen LogP contribution in [0.15, 0.2) is 47.3 Å². The third kappa shape index (κ3) is 5.70. The number of likely N-dealkylation sites (tertiary alicyclic amines) is 1. The van der Waals surface area contributed by atoms with Gasteiger partial charge in [0.25, 0.3) is 12.0 Å². The summed E-state index contributed by atoms with van der Waals surface area (Å²) in [5.41, 5.74) is 1.97. The maximum absolute atomic E-state index is 12.7. The molecule has 1 N–H and O–H groups in total. The van der Waals surface area contributed by atoms with Crippen molar-refractivity contribution in [1.82, 2.24) is 9.47 Å². The Morgan fingerprint density at radius 3 is 2.59 bits per heavy atom. The van der Waals surface area contributed by atoms with Gasteiger partial charge in [0.05, 0.1) is 13.5 Å². The van der Waals surface area contributed by atoms with E-state index in [0.717, 1.165) is 23.4 Å². The van der Waals surface area contributed by atoms with Gasteiger partial charge >= 0.3 is 6.18 Å². The lowest BCUT2D eigenvalue weighted by molar-refractivity contribution is -0.139. The van der Waals surface area contributed by atoms with Gasteiger partial charge in [-0.05, 0) is 42.5 Å². The molecule has 0 amide bonds. The largest absolute Gasteiger partial charge is 0.497 e. The number of methoxy groups -OCH3 is 1. The molecule has 2 aromatic rings. The number of pyridine rings is 1. The number of halogens is 3. The maximum Gasteiger partial charge on any atom is 0.390 e. The van der Waals surface area contributed by atoms with Crippen LogP contribution in [0.2, 0.25) is 0 Å². The van der Waals surface area contributed by atoms with Crippen molar-refractivity contribution in [3.63, 3.8) is 0 Å². The fourth-order valence-electron chi connectivity index (χ4n) is 4.91. The Hall–Kier alpha value is -2.81. The number of alkyl halides is 3. The van der Waals surface area contributed by atoms with Gasteiger partial charge in [0.2, 0.25) is 0 Å². The Kier molecular flexibility index (Phi) is 7.60. The van der Waals surface area contributed by atoms with Crippen molar-refractivity contribution in [2.45, 2.75) is 37.4 Å². The molecule has 0 aliphatic carbocycles. The summed E-state index contributed by atoms with van der Waals surface area (Å²) in [6, 6.07) is 13.0. The van der Waals surface area contributed by atoms with Gasteiger partial charge < -0.3 is 19.3 Å². The summed E-state index contributed by atoms with van der Waals surface area (Å²) >= 11 is 0. The molecule has 2 aliphatic heterocycles. The van der Waals surface area contributed by atoms with Crippen molar-refractivity contribution in [1.29, 1.82) is 0 Å². The van der Waals surface area contributed by atoms with Gasteiger partial charge in [-0.15, -0.1) is 0 Å². The number of hydrogen-bond donors (Lipinski definition) is 1.